The molecule has 4 rings (SSSR count). The predicted molar refractivity (Wildman–Crippen MR) is 119 cm³/mol. The molecule has 0 N–H and O–H groups in total. The van der Waals surface area contributed by atoms with Crippen molar-refractivity contribution in [1.29, 1.82) is 5.26 Å². The van der Waals surface area contributed by atoms with Crippen LogP contribution in [0, 0.1) is 25.2 Å². The lowest BCUT2D eigenvalue weighted by molar-refractivity contribution is -0.119. The van der Waals surface area contributed by atoms with E-state index < -0.39 is 0 Å². The summed E-state index contributed by atoms with van der Waals surface area (Å²) in [6, 6.07) is 22.5. The second kappa shape index (κ2) is 8.36. The molecule has 3 aromatic carbocycles. The van der Waals surface area contributed by atoms with Gasteiger partial charge in [-0.25, -0.2) is 4.98 Å². The van der Waals surface area contributed by atoms with Crippen molar-refractivity contribution in [2.45, 2.75) is 13.8 Å². The summed E-state index contributed by atoms with van der Waals surface area (Å²) in [5.41, 5.74) is 4.40. The molecule has 0 bridgehead atoms. The van der Waals surface area contributed by atoms with Crippen LogP contribution in [0.3, 0.4) is 0 Å². The first-order valence-corrected chi connectivity index (χ1v) is 10.3. The first kappa shape index (κ1) is 19.6. The lowest BCUT2D eigenvalue weighted by Crippen LogP contribution is -2.31. The molecule has 0 aliphatic carbocycles. The van der Waals surface area contributed by atoms with E-state index in [9.17, 15) is 4.79 Å². The SMILES string of the molecule is Cc1ccc(N(C(=O)COc2ccc(C#N)cc2)c2nc3ccccc3s2)cc1C. The number of nitriles is 1. The van der Waals surface area contributed by atoms with E-state index in [0.717, 1.165) is 27.0 Å². The number of fused-ring (bicyclic) bond motifs is 1. The van der Waals surface area contributed by atoms with E-state index >= 15 is 0 Å². The number of hydrogen-bond donors (Lipinski definition) is 0. The van der Waals surface area contributed by atoms with Crippen LogP contribution in [0.4, 0.5) is 10.8 Å². The maximum atomic E-state index is 13.2. The third kappa shape index (κ3) is 4.02. The van der Waals surface area contributed by atoms with Gasteiger partial charge in [0.15, 0.2) is 11.7 Å². The number of carbonyl (C=O) groups excluding carboxylic acids is 1. The zero-order chi connectivity index (χ0) is 21.1. The van der Waals surface area contributed by atoms with Crippen LogP contribution in [0.1, 0.15) is 16.7 Å². The van der Waals surface area contributed by atoms with Crippen LogP contribution in [-0.4, -0.2) is 17.5 Å². The average molecular weight is 414 g/mol. The summed E-state index contributed by atoms with van der Waals surface area (Å²) < 4.78 is 6.71. The Bertz CT molecular complexity index is 1220. The molecule has 0 spiro atoms. The number of thiazole rings is 1. The lowest BCUT2D eigenvalue weighted by atomic mass is 10.1. The minimum Gasteiger partial charge on any atom is -0.484 e. The highest BCUT2D eigenvalue weighted by Gasteiger charge is 2.23. The van der Waals surface area contributed by atoms with Crippen molar-refractivity contribution in [1.82, 2.24) is 4.98 Å². The van der Waals surface area contributed by atoms with Crippen molar-refractivity contribution in [2.75, 3.05) is 11.5 Å². The van der Waals surface area contributed by atoms with Crippen molar-refractivity contribution in [2.24, 2.45) is 0 Å². The highest BCUT2D eigenvalue weighted by Crippen LogP contribution is 2.34. The summed E-state index contributed by atoms with van der Waals surface area (Å²) in [4.78, 5) is 19.5. The maximum Gasteiger partial charge on any atom is 0.271 e. The Hall–Kier alpha value is -3.69. The number of ether oxygens (including phenoxy) is 1. The summed E-state index contributed by atoms with van der Waals surface area (Å²) in [5.74, 6) is 0.313. The molecule has 148 valence electrons. The van der Waals surface area contributed by atoms with E-state index in [4.69, 9.17) is 10.00 Å². The number of aryl methyl sites for hydroxylation is 2. The van der Waals surface area contributed by atoms with Gasteiger partial charge in [0.25, 0.3) is 5.91 Å². The Labute approximate surface area is 178 Å². The summed E-state index contributed by atoms with van der Waals surface area (Å²) in [7, 11) is 0. The van der Waals surface area contributed by atoms with Crippen LogP contribution in [0.15, 0.2) is 66.7 Å². The Morgan fingerprint density at radius 2 is 1.83 bits per heavy atom. The van der Waals surface area contributed by atoms with Gasteiger partial charge in [-0.2, -0.15) is 5.26 Å². The third-order valence-corrected chi connectivity index (χ3v) is 5.84. The second-order valence-electron chi connectivity index (χ2n) is 6.89. The number of anilines is 2. The molecule has 0 fully saturated rings. The molecule has 1 aromatic heterocycles. The molecule has 6 heteroatoms. The van der Waals surface area contributed by atoms with Crippen LogP contribution < -0.4 is 9.64 Å². The van der Waals surface area contributed by atoms with Gasteiger partial charge in [-0.1, -0.05) is 29.5 Å². The molecule has 0 saturated heterocycles. The first-order valence-electron chi connectivity index (χ1n) is 9.44. The summed E-state index contributed by atoms with van der Waals surface area (Å²) in [6.45, 7) is 3.92. The van der Waals surface area contributed by atoms with Gasteiger partial charge in [-0.05, 0) is 73.5 Å². The van der Waals surface area contributed by atoms with Gasteiger partial charge in [0.1, 0.15) is 5.75 Å². The van der Waals surface area contributed by atoms with Gasteiger partial charge in [0.05, 0.1) is 27.5 Å². The van der Waals surface area contributed by atoms with Crippen LogP contribution >= 0.6 is 11.3 Å². The van der Waals surface area contributed by atoms with Gasteiger partial charge in [0.2, 0.25) is 0 Å². The molecule has 5 nitrogen and oxygen atoms in total. The zero-order valence-corrected chi connectivity index (χ0v) is 17.4. The average Bonchev–Trinajstić information content (AvgIpc) is 3.19. The van der Waals surface area contributed by atoms with E-state index in [2.05, 4.69) is 11.1 Å². The van der Waals surface area contributed by atoms with Gasteiger partial charge in [-0.15, -0.1) is 0 Å². The van der Waals surface area contributed by atoms with Crippen LogP contribution in [0.5, 0.6) is 5.75 Å². The minimum absolute atomic E-state index is 0.144. The van der Waals surface area contributed by atoms with E-state index in [-0.39, 0.29) is 12.5 Å². The first-order chi connectivity index (χ1) is 14.5. The van der Waals surface area contributed by atoms with E-state index in [1.165, 1.54) is 11.3 Å². The monoisotopic (exact) mass is 413 g/mol. The highest BCUT2D eigenvalue weighted by molar-refractivity contribution is 7.22. The normalized spacial score (nSPS) is 10.6. The molecule has 1 heterocycles. The van der Waals surface area contributed by atoms with Crippen LogP contribution in [0.25, 0.3) is 10.2 Å². The Balaban J connectivity index is 1.65. The molecule has 0 aliphatic rings. The Morgan fingerprint density at radius 3 is 2.53 bits per heavy atom. The van der Waals surface area contributed by atoms with E-state index in [1.54, 1.807) is 29.2 Å². The summed E-state index contributed by atoms with van der Waals surface area (Å²) in [6.07, 6.45) is 0. The molecular formula is C24H19N3O2S. The fourth-order valence-corrected chi connectivity index (χ4v) is 4.02. The topological polar surface area (TPSA) is 66.2 Å². The summed E-state index contributed by atoms with van der Waals surface area (Å²) >= 11 is 1.47. The fraction of sp³-hybridized carbons (Fsp3) is 0.125. The minimum atomic E-state index is -0.221. The van der Waals surface area contributed by atoms with Crippen molar-refractivity contribution in [3.05, 3.63) is 83.4 Å². The number of nitrogens with zero attached hydrogens (tertiary/aromatic N) is 3. The summed E-state index contributed by atoms with van der Waals surface area (Å²) in [5, 5.41) is 9.52. The number of aromatic nitrogens is 1. The standard InChI is InChI=1S/C24H19N3O2S/c1-16-7-10-19(13-17(16)2)27(24-26-21-5-3-4-6-22(21)30-24)23(28)15-29-20-11-8-18(14-25)9-12-20/h3-13H,15H2,1-2H3. The largest absolute Gasteiger partial charge is 0.484 e. The molecule has 4 aromatic rings. The predicted octanol–water partition coefficient (Wildman–Crippen LogP) is 5.53. The Kier molecular flexibility index (Phi) is 5.46. The van der Waals surface area contributed by atoms with Crippen LogP contribution in [0.2, 0.25) is 0 Å². The molecule has 30 heavy (non-hydrogen) atoms. The highest BCUT2D eigenvalue weighted by atomic mass is 32.1. The zero-order valence-electron chi connectivity index (χ0n) is 16.6. The maximum absolute atomic E-state index is 13.2. The second-order valence-corrected chi connectivity index (χ2v) is 7.90. The molecule has 0 atom stereocenters. The molecule has 0 aliphatic heterocycles. The lowest BCUT2D eigenvalue weighted by Gasteiger charge is -2.21. The van der Waals surface area contributed by atoms with Gasteiger partial charge in [-0.3, -0.25) is 9.69 Å². The number of hydrogen-bond acceptors (Lipinski definition) is 5. The number of amides is 1. The van der Waals surface area contributed by atoms with E-state index in [1.807, 2.05) is 56.3 Å². The van der Waals surface area contributed by atoms with Crippen molar-refractivity contribution in [3.8, 4) is 11.8 Å². The fourth-order valence-electron chi connectivity index (χ4n) is 3.02. The number of rotatable bonds is 5. The molecule has 0 unspecified atom stereocenters. The van der Waals surface area contributed by atoms with E-state index in [0.29, 0.717) is 16.4 Å². The molecule has 0 radical (unpaired) electrons. The third-order valence-electron chi connectivity index (χ3n) is 4.82. The van der Waals surface area contributed by atoms with Crippen molar-refractivity contribution >= 4 is 38.3 Å². The molecule has 0 saturated carbocycles. The van der Waals surface area contributed by atoms with Crippen molar-refractivity contribution < 1.29 is 9.53 Å². The quantitative estimate of drug-likeness (QED) is 0.431. The van der Waals surface area contributed by atoms with Crippen molar-refractivity contribution in [3.63, 3.8) is 0 Å². The number of benzene rings is 3. The molecule has 1 amide bonds. The smallest absolute Gasteiger partial charge is 0.271 e. The number of para-hydroxylation sites is 1. The van der Waals surface area contributed by atoms with Gasteiger partial charge >= 0.3 is 0 Å². The van der Waals surface area contributed by atoms with Crippen LogP contribution in [-0.2, 0) is 4.79 Å². The Morgan fingerprint density at radius 1 is 1.07 bits per heavy atom. The van der Waals surface area contributed by atoms with Gasteiger partial charge < -0.3 is 4.74 Å². The number of carbonyl (C=O) groups is 1. The van der Waals surface area contributed by atoms with Gasteiger partial charge in [0, 0.05) is 0 Å². The molecular weight excluding hydrogens is 394 g/mol.